The standard InChI is InChI=1S/C16H18N2O3/c1-3-21-16(20)17-18-10-5-4-9-14(18)15(19)13-8-6-7-12(2)11-13/h4-11,14H,3H2,1-2H3,(H,17,20). The van der Waals surface area contributed by atoms with E-state index in [9.17, 15) is 9.59 Å². The summed E-state index contributed by atoms with van der Waals surface area (Å²) >= 11 is 0. The van der Waals surface area contributed by atoms with Gasteiger partial charge in [-0.05, 0) is 26.0 Å². The van der Waals surface area contributed by atoms with E-state index in [1.807, 2.05) is 25.1 Å². The Morgan fingerprint density at radius 3 is 2.86 bits per heavy atom. The van der Waals surface area contributed by atoms with Crippen LogP contribution in [0.1, 0.15) is 22.8 Å². The number of nitrogens with one attached hydrogen (secondary N) is 1. The van der Waals surface area contributed by atoms with Crippen molar-refractivity contribution in [2.24, 2.45) is 0 Å². The molecule has 1 aromatic carbocycles. The summed E-state index contributed by atoms with van der Waals surface area (Å²) in [7, 11) is 0. The molecular formula is C16H18N2O3. The predicted molar refractivity (Wildman–Crippen MR) is 79.6 cm³/mol. The van der Waals surface area contributed by atoms with E-state index in [2.05, 4.69) is 5.43 Å². The van der Waals surface area contributed by atoms with E-state index >= 15 is 0 Å². The van der Waals surface area contributed by atoms with Gasteiger partial charge in [0.25, 0.3) is 0 Å². The van der Waals surface area contributed by atoms with E-state index in [1.54, 1.807) is 37.4 Å². The molecule has 110 valence electrons. The lowest BCUT2D eigenvalue weighted by atomic mass is 10.0. The minimum atomic E-state index is -0.584. The normalized spacial score (nSPS) is 16.7. The SMILES string of the molecule is CCOC(=O)NN1C=CC=CC1C(=O)c1cccc(C)c1. The van der Waals surface area contributed by atoms with Crippen LogP contribution < -0.4 is 5.43 Å². The van der Waals surface area contributed by atoms with Crippen molar-refractivity contribution in [1.82, 2.24) is 10.4 Å². The van der Waals surface area contributed by atoms with Crippen molar-refractivity contribution < 1.29 is 14.3 Å². The fourth-order valence-electron chi connectivity index (χ4n) is 2.06. The number of rotatable bonds is 4. The smallest absolute Gasteiger partial charge is 0.426 e. The number of aryl methyl sites for hydroxylation is 1. The number of amides is 1. The Labute approximate surface area is 123 Å². The van der Waals surface area contributed by atoms with Crippen LogP contribution in [0.2, 0.25) is 0 Å². The highest BCUT2D eigenvalue weighted by Gasteiger charge is 2.25. The summed E-state index contributed by atoms with van der Waals surface area (Å²) in [5.41, 5.74) is 4.17. The molecule has 1 aliphatic rings. The van der Waals surface area contributed by atoms with Crippen LogP contribution in [0, 0.1) is 6.92 Å². The number of hydrazine groups is 1. The third-order valence-electron chi connectivity index (χ3n) is 3.02. The van der Waals surface area contributed by atoms with Crippen LogP contribution in [0.4, 0.5) is 4.79 Å². The van der Waals surface area contributed by atoms with Gasteiger partial charge in [0.2, 0.25) is 0 Å². The number of nitrogens with zero attached hydrogens (tertiary/aromatic N) is 1. The summed E-state index contributed by atoms with van der Waals surface area (Å²) in [6.07, 6.45) is 6.31. The van der Waals surface area contributed by atoms with Gasteiger partial charge in [-0.25, -0.2) is 10.2 Å². The highest BCUT2D eigenvalue weighted by atomic mass is 16.6. The summed E-state index contributed by atoms with van der Waals surface area (Å²) in [6.45, 7) is 3.93. The second kappa shape index (κ2) is 6.74. The van der Waals surface area contributed by atoms with E-state index < -0.39 is 12.1 Å². The maximum atomic E-state index is 12.6. The molecule has 1 aromatic rings. The van der Waals surface area contributed by atoms with E-state index in [0.29, 0.717) is 5.56 Å². The van der Waals surface area contributed by atoms with Crippen LogP contribution >= 0.6 is 0 Å². The topological polar surface area (TPSA) is 58.6 Å². The lowest BCUT2D eigenvalue weighted by Gasteiger charge is -2.29. The zero-order chi connectivity index (χ0) is 15.2. The van der Waals surface area contributed by atoms with E-state index in [0.717, 1.165) is 5.56 Å². The van der Waals surface area contributed by atoms with Crippen molar-refractivity contribution in [1.29, 1.82) is 0 Å². The Hall–Kier alpha value is -2.56. The first-order valence-corrected chi connectivity index (χ1v) is 6.79. The molecule has 0 aliphatic carbocycles. The average molecular weight is 286 g/mol. The Bertz CT molecular complexity index is 593. The number of carbonyl (C=O) groups excluding carboxylic acids is 2. The van der Waals surface area contributed by atoms with Gasteiger partial charge in [-0.2, -0.15) is 0 Å². The molecule has 0 saturated heterocycles. The van der Waals surface area contributed by atoms with Gasteiger partial charge >= 0.3 is 6.09 Å². The summed E-state index contributed by atoms with van der Waals surface area (Å²) in [5.74, 6) is -0.0869. The lowest BCUT2D eigenvalue weighted by molar-refractivity contribution is 0.0832. The molecule has 0 saturated carbocycles. The molecule has 0 fully saturated rings. The number of hydrogen-bond acceptors (Lipinski definition) is 4. The Morgan fingerprint density at radius 1 is 1.33 bits per heavy atom. The third kappa shape index (κ3) is 3.72. The van der Waals surface area contributed by atoms with E-state index in [1.165, 1.54) is 5.01 Å². The summed E-state index contributed by atoms with van der Waals surface area (Å²) in [5, 5.41) is 1.45. The molecule has 1 aliphatic heterocycles. The lowest BCUT2D eigenvalue weighted by Crippen LogP contribution is -2.48. The van der Waals surface area contributed by atoms with Crippen LogP contribution in [-0.2, 0) is 4.74 Å². The fourth-order valence-corrected chi connectivity index (χ4v) is 2.06. The van der Waals surface area contributed by atoms with Gasteiger partial charge in [0, 0.05) is 11.8 Å². The van der Waals surface area contributed by atoms with Crippen LogP contribution in [-0.4, -0.2) is 29.5 Å². The van der Waals surface area contributed by atoms with Crippen molar-refractivity contribution in [3.63, 3.8) is 0 Å². The highest BCUT2D eigenvalue weighted by molar-refractivity contribution is 6.01. The number of hydrogen-bond donors (Lipinski definition) is 1. The Balaban J connectivity index is 2.15. The maximum Gasteiger partial charge on any atom is 0.426 e. The summed E-state index contributed by atoms with van der Waals surface area (Å²) < 4.78 is 4.84. The van der Waals surface area contributed by atoms with Crippen LogP contribution in [0.3, 0.4) is 0 Å². The van der Waals surface area contributed by atoms with Crippen molar-refractivity contribution in [3.05, 3.63) is 59.8 Å². The zero-order valence-corrected chi connectivity index (χ0v) is 12.1. The van der Waals surface area contributed by atoms with Gasteiger partial charge in [0.1, 0.15) is 6.04 Å². The largest absolute Gasteiger partial charge is 0.449 e. The molecule has 1 N–H and O–H groups in total. The minimum absolute atomic E-state index is 0.0869. The maximum absolute atomic E-state index is 12.6. The number of allylic oxidation sites excluding steroid dienone is 2. The monoisotopic (exact) mass is 286 g/mol. The van der Waals surface area contributed by atoms with Gasteiger partial charge in [0.15, 0.2) is 5.78 Å². The molecule has 0 radical (unpaired) electrons. The fraction of sp³-hybridized carbons (Fsp3) is 0.250. The van der Waals surface area contributed by atoms with Crippen molar-refractivity contribution in [2.75, 3.05) is 6.61 Å². The molecule has 0 aromatic heterocycles. The van der Waals surface area contributed by atoms with E-state index in [-0.39, 0.29) is 12.4 Å². The molecule has 1 heterocycles. The first-order valence-electron chi connectivity index (χ1n) is 6.79. The van der Waals surface area contributed by atoms with Gasteiger partial charge < -0.3 is 4.74 Å². The average Bonchev–Trinajstić information content (AvgIpc) is 2.47. The Morgan fingerprint density at radius 2 is 2.14 bits per heavy atom. The van der Waals surface area contributed by atoms with Crippen LogP contribution in [0.25, 0.3) is 0 Å². The van der Waals surface area contributed by atoms with E-state index in [4.69, 9.17) is 4.74 Å². The third-order valence-corrected chi connectivity index (χ3v) is 3.02. The minimum Gasteiger partial charge on any atom is -0.449 e. The number of ether oxygens (including phenoxy) is 1. The van der Waals surface area contributed by atoms with Gasteiger partial charge in [-0.1, -0.05) is 35.9 Å². The second-order valence-corrected chi connectivity index (χ2v) is 4.64. The van der Waals surface area contributed by atoms with Crippen LogP contribution in [0.15, 0.2) is 48.7 Å². The molecule has 1 atom stereocenters. The van der Waals surface area contributed by atoms with Crippen LogP contribution in [0.5, 0.6) is 0 Å². The first kappa shape index (κ1) is 14.8. The zero-order valence-electron chi connectivity index (χ0n) is 12.1. The van der Waals surface area contributed by atoms with Crippen molar-refractivity contribution in [3.8, 4) is 0 Å². The number of carbonyl (C=O) groups is 2. The molecular weight excluding hydrogens is 268 g/mol. The van der Waals surface area contributed by atoms with Gasteiger partial charge in [-0.15, -0.1) is 0 Å². The Kier molecular flexibility index (Phi) is 4.77. The molecule has 0 bridgehead atoms. The molecule has 5 heteroatoms. The molecule has 2 rings (SSSR count). The molecule has 1 unspecified atom stereocenters. The molecule has 0 spiro atoms. The summed E-state index contributed by atoms with van der Waals surface area (Å²) in [6, 6.07) is 6.79. The first-order chi connectivity index (χ1) is 10.1. The predicted octanol–water partition coefficient (Wildman–Crippen LogP) is 2.59. The number of benzene rings is 1. The second-order valence-electron chi connectivity index (χ2n) is 4.64. The molecule has 5 nitrogen and oxygen atoms in total. The van der Waals surface area contributed by atoms with Gasteiger partial charge in [-0.3, -0.25) is 9.80 Å². The molecule has 1 amide bonds. The van der Waals surface area contributed by atoms with Crippen molar-refractivity contribution in [2.45, 2.75) is 19.9 Å². The van der Waals surface area contributed by atoms with Gasteiger partial charge in [0.05, 0.1) is 6.61 Å². The van der Waals surface area contributed by atoms with Crippen molar-refractivity contribution >= 4 is 11.9 Å². The highest BCUT2D eigenvalue weighted by Crippen LogP contribution is 2.14. The number of Topliss-reactive ketones (excluding diaryl/α,β-unsaturated/α-hetero) is 1. The summed E-state index contributed by atoms with van der Waals surface area (Å²) in [4.78, 5) is 24.1. The number of ketones is 1. The molecule has 21 heavy (non-hydrogen) atoms. The quantitative estimate of drug-likeness (QED) is 0.864.